The molecular weight excluding hydrogens is 354 g/mol. The number of rotatable bonds is 6. The van der Waals surface area contributed by atoms with Crippen LogP contribution in [0.1, 0.15) is 22.2 Å². The number of nitrogens with zero attached hydrogens (tertiary/aromatic N) is 4. The number of hydrogen-bond acceptors (Lipinski definition) is 5. The van der Waals surface area contributed by atoms with Gasteiger partial charge in [0.1, 0.15) is 5.69 Å². The van der Waals surface area contributed by atoms with Crippen LogP contribution in [0.2, 0.25) is 0 Å². The third-order valence-corrected chi connectivity index (χ3v) is 4.21. The lowest BCUT2D eigenvalue weighted by molar-refractivity contribution is 0.0945. The summed E-state index contributed by atoms with van der Waals surface area (Å²) < 4.78 is 6.74. The Morgan fingerprint density at radius 1 is 1.07 bits per heavy atom. The molecule has 0 radical (unpaired) electrons. The lowest BCUT2D eigenvalue weighted by Gasteiger charge is -2.07. The third-order valence-electron chi connectivity index (χ3n) is 4.21. The van der Waals surface area contributed by atoms with Crippen LogP contribution in [0.3, 0.4) is 0 Å². The number of nitrogens with one attached hydrogen (secondary N) is 1. The van der Waals surface area contributed by atoms with Crippen molar-refractivity contribution in [1.82, 2.24) is 25.2 Å². The Morgan fingerprint density at radius 3 is 2.46 bits per heavy atom. The maximum atomic E-state index is 12.8. The van der Waals surface area contributed by atoms with Crippen molar-refractivity contribution in [3.8, 4) is 16.9 Å². The Labute approximate surface area is 162 Å². The minimum absolute atomic E-state index is 0.213. The summed E-state index contributed by atoms with van der Waals surface area (Å²) in [5.74, 6) is 0.866. The van der Waals surface area contributed by atoms with Crippen molar-refractivity contribution in [1.29, 1.82) is 0 Å². The van der Waals surface area contributed by atoms with E-state index in [2.05, 4.69) is 20.6 Å². The molecule has 7 nitrogen and oxygen atoms in total. The smallest absolute Gasteiger partial charge is 0.270 e. The van der Waals surface area contributed by atoms with Crippen LogP contribution in [-0.2, 0) is 6.42 Å². The van der Waals surface area contributed by atoms with Crippen LogP contribution in [0.4, 0.5) is 0 Å². The fourth-order valence-corrected chi connectivity index (χ4v) is 2.87. The van der Waals surface area contributed by atoms with Gasteiger partial charge in [0.25, 0.3) is 5.91 Å². The maximum Gasteiger partial charge on any atom is 0.270 e. The molecule has 140 valence electrons. The minimum atomic E-state index is -0.213. The molecule has 2 heterocycles. The molecule has 7 heteroatoms. The maximum absolute atomic E-state index is 12.8. The molecule has 0 bridgehead atoms. The SMILES string of the molecule is Cc1noc(CCNC(=O)c2cc(-c3ccccc3)nn2-c2ccccc2)n1. The summed E-state index contributed by atoms with van der Waals surface area (Å²) >= 11 is 0. The highest BCUT2D eigenvalue weighted by atomic mass is 16.5. The molecule has 1 amide bonds. The zero-order chi connectivity index (χ0) is 19.3. The normalized spacial score (nSPS) is 10.8. The quantitative estimate of drug-likeness (QED) is 0.561. The highest BCUT2D eigenvalue weighted by molar-refractivity contribution is 5.94. The van der Waals surface area contributed by atoms with Crippen molar-refractivity contribution in [3.05, 3.63) is 84.1 Å². The Bertz CT molecular complexity index is 1070. The van der Waals surface area contributed by atoms with Crippen molar-refractivity contribution in [2.75, 3.05) is 6.54 Å². The minimum Gasteiger partial charge on any atom is -0.350 e. The summed E-state index contributed by atoms with van der Waals surface area (Å²) in [7, 11) is 0. The van der Waals surface area contributed by atoms with Crippen LogP contribution >= 0.6 is 0 Å². The first-order valence-electron chi connectivity index (χ1n) is 8.99. The van der Waals surface area contributed by atoms with Crippen LogP contribution < -0.4 is 5.32 Å². The number of carbonyl (C=O) groups excluding carboxylic acids is 1. The summed E-state index contributed by atoms with van der Waals surface area (Å²) in [6, 6.07) is 21.2. The van der Waals surface area contributed by atoms with E-state index in [-0.39, 0.29) is 5.91 Å². The van der Waals surface area contributed by atoms with E-state index in [0.29, 0.717) is 30.4 Å². The lowest BCUT2D eigenvalue weighted by atomic mass is 10.1. The van der Waals surface area contributed by atoms with E-state index in [1.165, 1.54) is 0 Å². The summed E-state index contributed by atoms with van der Waals surface area (Å²) in [5.41, 5.74) is 2.98. The summed E-state index contributed by atoms with van der Waals surface area (Å²) in [6.07, 6.45) is 0.470. The zero-order valence-corrected chi connectivity index (χ0v) is 15.4. The Morgan fingerprint density at radius 2 is 1.79 bits per heavy atom. The molecular formula is C21H19N5O2. The van der Waals surface area contributed by atoms with E-state index in [1.807, 2.05) is 60.7 Å². The van der Waals surface area contributed by atoms with Gasteiger partial charge in [-0.2, -0.15) is 10.1 Å². The van der Waals surface area contributed by atoms with Gasteiger partial charge < -0.3 is 9.84 Å². The number of carbonyl (C=O) groups is 1. The Balaban J connectivity index is 1.59. The first kappa shape index (κ1) is 17.7. The van der Waals surface area contributed by atoms with E-state index in [1.54, 1.807) is 17.7 Å². The predicted octanol–water partition coefficient (Wildman–Crippen LogP) is 3.20. The van der Waals surface area contributed by atoms with Crippen molar-refractivity contribution in [2.45, 2.75) is 13.3 Å². The van der Waals surface area contributed by atoms with Crippen LogP contribution in [0, 0.1) is 6.92 Å². The highest BCUT2D eigenvalue weighted by Gasteiger charge is 2.17. The molecule has 4 aromatic rings. The van der Waals surface area contributed by atoms with Crippen LogP contribution in [0.25, 0.3) is 16.9 Å². The average molecular weight is 373 g/mol. The van der Waals surface area contributed by atoms with Gasteiger partial charge in [-0.15, -0.1) is 0 Å². The van der Waals surface area contributed by atoms with Gasteiger partial charge in [-0.3, -0.25) is 4.79 Å². The first-order valence-corrected chi connectivity index (χ1v) is 8.99. The lowest BCUT2D eigenvalue weighted by Crippen LogP contribution is -2.27. The van der Waals surface area contributed by atoms with Crippen molar-refractivity contribution in [2.24, 2.45) is 0 Å². The highest BCUT2D eigenvalue weighted by Crippen LogP contribution is 2.21. The molecule has 2 aromatic heterocycles. The number of hydrogen-bond donors (Lipinski definition) is 1. The topological polar surface area (TPSA) is 85.8 Å². The van der Waals surface area contributed by atoms with Gasteiger partial charge in [-0.05, 0) is 25.1 Å². The second-order valence-corrected chi connectivity index (χ2v) is 6.27. The summed E-state index contributed by atoms with van der Waals surface area (Å²) in [4.78, 5) is 17.0. The van der Waals surface area contributed by atoms with Gasteiger partial charge in [-0.25, -0.2) is 4.68 Å². The number of amides is 1. The van der Waals surface area contributed by atoms with E-state index in [4.69, 9.17) is 4.52 Å². The van der Waals surface area contributed by atoms with Gasteiger partial charge in [-0.1, -0.05) is 53.7 Å². The molecule has 1 N–H and O–H groups in total. The molecule has 0 fully saturated rings. The molecule has 0 aliphatic carbocycles. The summed E-state index contributed by atoms with van der Waals surface area (Å²) in [6.45, 7) is 2.15. The molecule has 4 rings (SSSR count). The molecule has 2 aromatic carbocycles. The molecule has 0 unspecified atom stereocenters. The number of para-hydroxylation sites is 1. The second-order valence-electron chi connectivity index (χ2n) is 6.27. The van der Waals surface area contributed by atoms with Gasteiger partial charge in [0, 0.05) is 18.5 Å². The monoisotopic (exact) mass is 373 g/mol. The van der Waals surface area contributed by atoms with E-state index in [0.717, 1.165) is 16.9 Å². The van der Waals surface area contributed by atoms with Gasteiger partial charge >= 0.3 is 0 Å². The number of aryl methyl sites for hydroxylation is 1. The van der Waals surface area contributed by atoms with Crippen molar-refractivity contribution >= 4 is 5.91 Å². The molecule has 0 saturated carbocycles. The van der Waals surface area contributed by atoms with Crippen LogP contribution in [0.5, 0.6) is 0 Å². The largest absolute Gasteiger partial charge is 0.350 e. The molecule has 28 heavy (non-hydrogen) atoms. The third kappa shape index (κ3) is 3.83. The molecule has 0 aliphatic heterocycles. The standard InChI is InChI=1S/C21H19N5O2/c1-15-23-20(28-25-15)12-13-22-21(27)19-14-18(16-8-4-2-5-9-16)24-26(19)17-10-6-3-7-11-17/h2-11,14H,12-13H2,1H3,(H,22,27). The zero-order valence-electron chi connectivity index (χ0n) is 15.4. The molecule has 0 saturated heterocycles. The number of aromatic nitrogens is 4. The fourth-order valence-electron chi connectivity index (χ4n) is 2.87. The van der Waals surface area contributed by atoms with E-state index in [9.17, 15) is 4.79 Å². The van der Waals surface area contributed by atoms with Crippen molar-refractivity contribution in [3.63, 3.8) is 0 Å². The second kappa shape index (κ2) is 7.87. The summed E-state index contributed by atoms with van der Waals surface area (Å²) in [5, 5.41) is 11.3. The van der Waals surface area contributed by atoms with E-state index < -0.39 is 0 Å². The van der Waals surface area contributed by atoms with E-state index >= 15 is 0 Å². The predicted molar refractivity (Wildman–Crippen MR) is 104 cm³/mol. The van der Waals surface area contributed by atoms with Gasteiger partial charge in [0.2, 0.25) is 5.89 Å². The first-order chi connectivity index (χ1) is 13.7. The van der Waals surface area contributed by atoms with Gasteiger partial charge in [0.15, 0.2) is 5.82 Å². The van der Waals surface area contributed by atoms with Crippen LogP contribution in [0.15, 0.2) is 71.3 Å². The molecule has 0 aliphatic rings. The molecule has 0 atom stereocenters. The molecule has 0 spiro atoms. The van der Waals surface area contributed by atoms with Crippen LogP contribution in [-0.4, -0.2) is 32.4 Å². The Hall–Kier alpha value is -3.74. The fraction of sp³-hybridized carbons (Fsp3) is 0.143. The van der Waals surface area contributed by atoms with Gasteiger partial charge in [0.05, 0.1) is 11.4 Å². The Kier molecular flexibility index (Phi) is 4.97. The van der Waals surface area contributed by atoms with Crippen molar-refractivity contribution < 1.29 is 9.32 Å². The average Bonchev–Trinajstić information content (AvgIpc) is 3.36. The number of benzene rings is 2.